The second-order valence-corrected chi connectivity index (χ2v) is 6.81. The Bertz CT molecular complexity index is 860. The smallest absolute Gasteiger partial charge is 0.326 e. The van der Waals surface area contributed by atoms with Crippen LogP contribution in [0.4, 0.5) is 0 Å². The molecule has 8 nitrogen and oxygen atoms in total. The number of carbonyl (C=O) groups excluding carboxylic acids is 3. The lowest BCUT2D eigenvalue weighted by molar-refractivity contribution is -0.175. The van der Waals surface area contributed by atoms with E-state index >= 15 is 0 Å². The molecule has 0 unspecified atom stereocenters. The topological polar surface area (TPSA) is 104 Å². The van der Waals surface area contributed by atoms with Crippen LogP contribution in [-0.2, 0) is 28.6 Å². The zero-order chi connectivity index (χ0) is 21.7. The summed E-state index contributed by atoms with van der Waals surface area (Å²) in [4.78, 5) is 39.7. The molecule has 0 bridgehead atoms. The first-order valence-electron chi connectivity index (χ1n) is 9.78. The second-order valence-electron chi connectivity index (χ2n) is 6.81. The first-order chi connectivity index (χ1) is 14.5. The molecule has 1 aromatic heterocycles. The average molecular weight is 415 g/mol. The lowest BCUT2D eigenvalue weighted by Gasteiger charge is -2.34. The van der Waals surface area contributed by atoms with Crippen molar-refractivity contribution in [2.24, 2.45) is 5.41 Å². The largest absolute Gasteiger partial charge is 0.468 e. The van der Waals surface area contributed by atoms with E-state index in [9.17, 15) is 14.4 Å². The van der Waals surface area contributed by atoms with E-state index in [1.807, 2.05) is 0 Å². The van der Waals surface area contributed by atoms with Crippen LogP contribution >= 0.6 is 0 Å². The van der Waals surface area contributed by atoms with Crippen LogP contribution in [0.3, 0.4) is 0 Å². The van der Waals surface area contributed by atoms with E-state index < -0.39 is 41.3 Å². The van der Waals surface area contributed by atoms with Gasteiger partial charge in [-0.05, 0) is 31.5 Å². The molecule has 0 saturated carbocycles. The summed E-state index contributed by atoms with van der Waals surface area (Å²) >= 11 is 0. The first kappa shape index (κ1) is 21.6. The third-order valence-corrected chi connectivity index (χ3v) is 5.29. The molecule has 0 radical (unpaired) electrons. The van der Waals surface area contributed by atoms with Crippen molar-refractivity contribution in [1.82, 2.24) is 5.32 Å². The highest BCUT2D eigenvalue weighted by Gasteiger charge is 2.69. The number of rotatable bonds is 7. The molecular formula is C22H25NO7. The fourth-order valence-corrected chi connectivity index (χ4v) is 4.13. The van der Waals surface area contributed by atoms with Crippen LogP contribution in [0.2, 0.25) is 0 Å². The molecule has 1 fully saturated rings. The van der Waals surface area contributed by atoms with Crippen LogP contribution in [0.5, 0.6) is 0 Å². The first-order valence-corrected chi connectivity index (χ1v) is 9.78. The van der Waals surface area contributed by atoms with Crippen LogP contribution in [0.1, 0.15) is 37.1 Å². The van der Waals surface area contributed by atoms with Gasteiger partial charge in [-0.2, -0.15) is 0 Å². The van der Waals surface area contributed by atoms with E-state index in [1.54, 1.807) is 56.3 Å². The third-order valence-electron chi connectivity index (χ3n) is 5.29. The minimum atomic E-state index is -1.90. The minimum Gasteiger partial charge on any atom is -0.468 e. The fraction of sp³-hybridized carbons (Fsp3) is 0.409. The zero-order valence-corrected chi connectivity index (χ0v) is 17.1. The van der Waals surface area contributed by atoms with Gasteiger partial charge in [-0.25, -0.2) is 0 Å². The van der Waals surface area contributed by atoms with E-state index in [2.05, 4.69) is 5.32 Å². The Morgan fingerprint density at radius 2 is 1.63 bits per heavy atom. The number of carbonyl (C=O) groups is 3. The summed E-state index contributed by atoms with van der Waals surface area (Å²) in [5, 5.41) is 3.09. The molecule has 0 spiro atoms. The van der Waals surface area contributed by atoms with Crippen molar-refractivity contribution in [1.29, 1.82) is 0 Å². The summed E-state index contributed by atoms with van der Waals surface area (Å²) < 4.78 is 21.3. The molecule has 1 saturated heterocycles. The van der Waals surface area contributed by atoms with Crippen molar-refractivity contribution in [3.05, 3.63) is 60.1 Å². The summed E-state index contributed by atoms with van der Waals surface area (Å²) in [6, 6.07) is 10.1. The zero-order valence-electron chi connectivity index (χ0n) is 17.1. The van der Waals surface area contributed by atoms with Crippen molar-refractivity contribution >= 4 is 17.9 Å². The number of esters is 3. The Hall–Kier alpha value is -3.13. The molecule has 1 aliphatic heterocycles. The van der Waals surface area contributed by atoms with Crippen molar-refractivity contribution < 1.29 is 33.0 Å². The van der Waals surface area contributed by atoms with Gasteiger partial charge in [-0.1, -0.05) is 30.3 Å². The molecule has 1 N–H and O–H groups in total. The maximum Gasteiger partial charge on any atom is 0.326 e. The normalized spacial score (nSPS) is 22.3. The van der Waals surface area contributed by atoms with Gasteiger partial charge in [-0.3, -0.25) is 19.7 Å². The van der Waals surface area contributed by atoms with Crippen LogP contribution < -0.4 is 5.32 Å². The molecule has 8 heteroatoms. The molecule has 1 aromatic carbocycles. The summed E-state index contributed by atoms with van der Waals surface area (Å²) in [6.45, 7) is 3.40. The van der Waals surface area contributed by atoms with Crippen molar-refractivity contribution in [3.8, 4) is 0 Å². The summed E-state index contributed by atoms with van der Waals surface area (Å²) in [7, 11) is 1.25. The number of methoxy groups -OCH3 is 1. The molecule has 0 aliphatic carbocycles. The molecule has 3 atom stereocenters. The van der Waals surface area contributed by atoms with Gasteiger partial charge in [0.25, 0.3) is 0 Å². The minimum absolute atomic E-state index is 0.0509. The van der Waals surface area contributed by atoms with E-state index in [4.69, 9.17) is 18.6 Å². The Labute approximate surface area is 174 Å². The Morgan fingerprint density at radius 1 is 1.00 bits per heavy atom. The van der Waals surface area contributed by atoms with Gasteiger partial charge in [0.2, 0.25) is 0 Å². The van der Waals surface area contributed by atoms with Gasteiger partial charge in [0.05, 0.1) is 32.6 Å². The van der Waals surface area contributed by atoms with Crippen LogP contribution in [0.15, 0.2) is 53.1 Å². The molecule has 0 amide bonds. The Morgan fingerprint density at radius 3 is 2.13 bits per heavy atom. The van der Waals surface area contributed by atoms with Gasteiger partial charge < -0.3 is 18.6 Å². The molecule has 1 aliphatic rings. The molecule has 30 heavy (non-hydrogen) atoms. The van der Waals surface area contributed by atoms with E-state index in [0.717, 1.165) is 0 Å². The standard InChI is InChI=1S/C22H25NO7/c1-4-28-20(25)22(21(26)29-5-2)16(14-10-7-6-8-11-14)17(19(24)27-3)23-18(22)15-12-9-13-30-15/h6-13,16-18,23H,4-5H2,1-3H3/t16-,17+,18+/m0/s1. The highest BCUT2D eigenvalue weighted by molar-refractivity contribution is 6.04. The predicted octanol–water partition coefficient (Wildman–Crippen LogP) is 2.36. The van der Waals surface area contributed by atoms with E-state index in [1.165, 1.54) is 13.4 Å². The van der Waals surface area contributed by atoms with Gasteiger partial charge in [0, 0.05) is 5.92 Å². The summed E-state index contributed by atoms with van der Waals surface area (Å²) in [5.41, 5.74) is -1.31. The van der Waals surface area contributed by atoms with Crippen LogP contribution in [0.25, 0.3) is 0 Å². The Balaban J connectivity index is 2.31. The third kappa shape index (κ3) is 3.47. The van der Waals surface area contributed by atoms with Crippen LogP contribution in [0, 0.1) is 5.41 Å². The molecule has 160 valence electrons. The summed E-state index contributed by atoms with van der Waals surface area (Å²) in [5.74, 6) is -2.84. The molecule has 2 heterocycles. The van der Waals surface area contributed by atoms with Crippen molar-refractivity contribution in [3.63, 3.8) is 0 Å². The quantitative estimate of drug-likeness (QED) is 0.418. The SMILES string of the molecule is CCOC(=O)C1(C(=O)OCC)[C@@H](c2ccco2)N[C@@H](C(=O)OC)[C@@H]1c1ccccc1. The number of ether oxygens (including phenoxy) is 3. The molecular weight excluding hydrogens is 390 g/mol. The van der Waals surface area contributed by atoms with Crippen LogP contribution in [-0.4, -0.2) is 44.3 Å². The summed E-state index contributed by atoms with van der Waals surface area (Å²) in [6.07, 6.45) is 1.43. The number of hydrogen-bond acceptors (Lipinski definition) is 8. The second kappa shape index (κ2) is 9.13. The van der Waals surface area contributed by atoms with Crippen molar-refractivity contribution in [2.75, 3.05) is 20.3 Å². The van der Waals surface area contributed by atoms with Crippen molar-refractivity contribution in [2.45, 2.75) is 31.8 Å². The lowest BCUT2D eigenvalue weighted by atomic mass is 9.67. The van der Waals surface area contributed by atoms with E-state index in [0.29, 0.717) is 11.3 Å². The maximum absolute atomic E-state index is 13.5. The predicted molar refractivity (Wildman–Crippen MR) is 105 cm³/mol. The van der Waals surface area contributed by atoms with Gasteiger partial charge in [-0.15, -0.1) is 0 Å². The maximum atomic E-state index is 13.5. The monoisotopic (exact) mass is 415 g/mol. The lowest BCUT2D eigenvalue weighted by Crippen LogP contribution is -2.49. The fourth-order valence-electron chi connectivity index (χ4n) is 4.13. The highest BCUT2D eigenvalue weighted by Crippen LogP contribution is 2.55. The van der Waals surface area contributed by atoms with E-state index in [-0.39, 0.29) is 13.2 Å². The van der Waals surface area contributed by atoms with Gasteiger partial charge in [0.1, 0.15) is 11.8 Å². The Kier molecular flexibility index (Phi) is 6.56. The number of nitrogens with one attached hydrogen (secondary N) is 1. The average Bonchev–Trinajstić information content (AvgIpc) is 3.40. The van der Waals surface area contributed by atoms with Gasteiger partial charge in [0.15, 0.2) is 5.41 Å². The molecule has 3 rings (SSSR count). The highest BCUT2D eigenvalue weighted by atomic mass is 16.6. The number of benzene rings is 1. The molecule has 2 aromatic rings. The number of hydrogen-bond donors (Lipinski definition) is 1. The number of furan rings is 1. The van der Waals surface area contributed by atoms with Gasteiger partial charge >= 0.3 is 17.9 Å².